The average Bonchev–Trinajstić information content (AvgIpc) is 3.45. The number of carbonyl (C=O) groups excluding carboxylic acids is 1. The van der Waals surface area contributed by atoms with Crippen molar-refractivity contribution < 1.29 is 14.6 Å². The summed E-state index contributed by atoms with van der Waals surface area (Å²) in [7, 11) is 0. The van der Waals surface area contributed by atoms with Gasteiger partial charge < -0.3 is 14.7 Å². The molecule has 32 heavy (non-hydrogen) atoms. The maximum Gasteiger partial charge on any atom is 0.253 e. The van der Waals surface area contributed by atoms with Gasteiger partial charge in [-0.3, -0.25) is 14.3 Å². The van der Waals surface area contributed by atoms with E-state index in [-0.39, 0.29) is 17.9 Å². The largest absolute Gasteiger partial charge is 0.486 e. The Balaban J connectivity index is 1.27. The first-order valence-electron chi connectivity index (χ1n) is 11.0. The molecule has 2 fully saturated rings. The minimum atomic E-state index is -0.552. The Morgan fingerprint density at radius 2 is 1.81 bits per heavy atom. The number of amides is 1. The van der Waals surface area contributed by atoms with Gasteiger partial charge in [0.2, 0.25) is 0 Å². The van der Waals surface area contributed by atoms with Crippen LogP contribution in [0.2, 0.25) is 0 Å². The Morgan fingerprint density at radius 3 is 2.56 bits per heavy atom. The monoisotopic (exact) mass is 433 g/mol. The number of carbonyl (C=O) groups is 1. The normalized spacial score (nSPS) is 24.9. The van der Waals surface area contributed by atoms with E-state index < -0.39 is 6.10 Å². The standard InChI is InChI=1S/C24H27N5O3/c1-15-6-7-22(16(2)27-15)32-23-10-19-12-28(11-18(19)9-21(23)30)24(31)17-4-3-5-20(8-17)29-13-25-26-14-29/h3-8,13-14,18-19,21,23,30H,9-12H2,1-2H3/t18-,19+,21+,23+/m0/s1. The fourth-order valence-corrected chi connectivity index (χ4v) is 4.96. The Bertz CT molecular complexity index is 1120. The molecule has 1 saturated carbocycles. The molecule has 4 atom stereocenters. The molecule has 0 bridgehead atoms. The van der Waals surface area contributed by atoms with E-state index in [2.05, 4.69) is 15.2 Å². The zero-order valence-corrected chi connectivity index (χ0v) is 18.3. The third kappa shape index (κ3) is 3.98. The van der Waals surface area contributed by atoms with E-state index in [4.69, 9.17) is 4.74 Å². The Labute approximate surface area is 186 Å². The van der Waals surface area contributed by atoms with Crippen LogP contribution in [0.1, 0.15) is 34.6 Å². The second kappa shape index (κ2) is 8.35. The van der Waals surface area contributed by atoms with Crippen LogP contribution in [0.5, 0.6) is 5.75 Å². The highest BCUT2D eigenvalue weighted by Crippen LogP contribution is 2.38. The van der Waals surface area contributed by atoms with E-state index in [0.717, 1.165) is 29.2 Å². The molecular formula is C24H27N5O3. The lowest BCUT2D eigenvalue weighted by molar-refractivity contribution is -0.0236. The topological polar surface area (TPSA) is 93.4 Å². The molecule has 1 N–H and O–H groups in total. The number of benzene rings is 1. The molecule has 5 rings (SSSR count). The van der Waals surface area contributed by atoms with Gasteiger partial charge in [0.15, 0.2) is 0 Å². The van der Waals surface area contributed by atoms with Crippen LogP contribution in [-0.4, -0.2) is 61.0 Å². The van der Waals surface area contributed by atoms with Crippen LogP contribution >= 0.6 is 0 Å². The molecule has 2 aromatic heterocycles. The first kappa shape index (κ1) is 20.6. The number of ether oxygens (including phenoxy) is 1. The molecule has 3 aromatic rings. The van der Waals surface area contributed by atoms with Crippen molar-refractivity contribution in [3.63, 3.8) is 0 Å². The number of aliphatic hydroxyl groups excluding tert-OH is 1. The van der Waals surface area contributed by atoms with Crippen LogP contribution in [0.3, 0.4) is 0 Å². The molecule has 166 valence electrons. The number of fused-ring (bicyclic) bond motifs is 1. The maximum atomic E-state index is 13.2. The van der Waals surface area contributed by atoms with Gasteiger partial charge in [0.1, 0.15) is 24.5 Å². The first-order valence-corrected chi connectivity index (χ1v) is 11.0. The molecular weight excluding hydrogens is 406 g/mol. The van der Waals surface area contributed by atoms with Crippen molar-refractivity contribution in [3.05, 3.63) is 66.0 Å². The molecule has 1 saturated heterocycles. The molecule has 8 heteroatoms. The van der Waals surface area contributed by atoms with Crippen molar-refractivity contribution in [2.24, 2.45) is 11.8 Å². The van der Waals surface area contributed by atoms with Gasteiger partial charge in [-0.2, -0.15) is 0 Å². The van der Waals surface area contributed by atoms with Crippen molar-refractivity contribution in [2.75, 3.05) is 13.1 Å². The van der Waals surface area contributed by atoms with Crippen LogP contribution in [0, 0.1) is 25.7 Å². The zero-order valence-electron chi connectivity index (χ0n) is 18.3. The van der Waals surface area contributed by atoms with Crippen LogP contribution < -0.4 is 4.74 Å². The summed E-state index contributed by atoms with van der Waals surface area (Å²) in [5, 5.41) is 18.4. The molecule has 2 aliphatic rings. The molecule has 0 unspecified atom stereocenters. The molecule has 0 radical (unpaired) electrons. The Morgan fingerprint density at radius 1 is 1.06 bits per heavy atom. The lowest BCUT2D eigenvalue weighted by Crippen LogP contribution is -2.42. The van der Waals surface area contributed by atoms with E-state index in [1.165, 1.54) is 0 Å². The highest BCUT2D eigenvalue weighted by molar-refractivity contribution is 5.95. The van der Waals surface area contributed by atoms with Gasteiger partial charge in [0, 0.05) is 30.0 Å². The van der Waals surface area contributed by atoms with Crippen LogP contribution in [-0.2, 0) is 0 Å². The fourth-order valence-electron chi connectivity index (χ4n) is 4.96. The van der Waals surface area contributed by atoms with Gasteiger partial charge in [0.05, 0.1) is 11.8 Å². The quantitative estimate of drug-likeness (QED) is 0.680. The van der Waals surface area contributed by atoms with Crippen molar-refractivity contribution in [1.29, 1.82) is 0 Å². The second-order valence-corrected chi connectivity index (χ2v) is 8.88. The predicted molar refractivity (Wildman–Crippen MR) is 118 cm³/mol. The van der Waals surface area contributed by atoms with E-state index in [1.807, 2.05) is 55.1 Å². The highest BCUT2D eigenvalue weighted by Gasteiger charge is 2.44. The number of aromatic nitrogens is 4. The van der Waals surface area contributed by atoms with E-state index in [1.54, 1.807) is 17.2 Å². The highest BCUT2D eigenvalue weighted by atomic mass is 16.5. The van der Waals surface area contributed by atoms with E-state index >= 15 is 0 Å². The Hall–Kier alpha value is -3.26. The van der Waals surface area contributed by atoms with E-state index in [0.29, 0.717) is 31.0 Å². The predicted octanol–water partition coefficient (Wildman–Crippen LogP) is 2.57. The smallest absolute Gasteiger partial charge is 0.253 e. The average molecular weight is 434 g/mol. The number of pyridine rings is 1. The minimum absolute atomic E-state index is 0.0138. The zero-order chi connectivity index (χ0) is 22.2. The van der Waals surface area contributed by atoms with Crippen LogP contribution in [0.4, 0.5) is 0 Å². The third-order valence-electron chi connectivity index (χ3n) is 6.64. The molecule has 8 nitrogen and oxygen atoms in total. The summed E-state index contributed by atoms with van der Waals surface area (Å²) in [5.74, 6) is 1.33. The number of hydrogen-bond acceptors (Lipinski definition) is 6. The molecule has 0 spiro atoms. The number of aryl methyl sites for hydroxylation is 2. The van der Waals surface area contributed by atoms with Gasteiger partial charge in [0.25, 0.3) is 5.91 Å². The maximum absolute atomic E-state index is 13.2. The van der Waals surface area contributed by atoms with E-state index in [9.17, 15) is 9.90 Å². The fraction of sp³-hybridized carbons (Fsp3) is 0.417. The third-order valence-corrected chi connectivity index (χ3v) is 6.64. The molecule has 3 heterocycles. The molecule has 1 aromatic carbocycles. The van der Waals surface area contributed by atoms with Crippen LogP contribution in [0.15, 0.2) is 49.1 Å². The lowest BCUT2D eigenvalue weighted by Gasteiger charge is -2.35. The number of likely N-dealkylation sites (tertiary alicyclic amines) is 1. The molecule has 1 aliphatic heterocycles. The summed E-state index contributed by atoms with van der Waals surface area (Å²) in [6.07, 6.45) is 3.75. The second-order valence-electron chi connectivity index (χ2n) is 8.88. The summed E-state index contributed by atoms with van der Waals surface area (Å²) in [4.78, 5) is 19.6. The molecule has 1 aliphatic carbocycles. The number of rotatable bonds is 4. The Kier molecular flexibility index (Phi) is 5.38. The number of nitrogens with zero attached hydrogens (tertiary/aromatic N) is 5. The lowest BCUT2D eigenvalue weighted by atomic mass is 9.78. The summed E-state index contributed by atoms with van der Waals surface area (Å²) in [6.45, 7) is 5.21. The minimum Gasteiger partial charge on any atom is -0.486 e. The summed E-state index contributed by atoms with van der Waals surface area (Å²) >= 11 is 0. The van der Waals surface area contributed by atoms with Crippen molar-refractivity contribution in [3.8, 4) is 11.4 Å². The molecule has 1 amide bonds. The van der Waals surface area contributed by atoms with Gasteiger partial charge in [-0.25, -0.2) is 0 Å². The van der Waals surface area contributed by atoms with Gasteiger partial charge in [-0.1, -0.05) is 6.07 Å². The van der Waals surface area contributed by atoms with Crippen molar-refractivity contribution in [2.45, 2.75) is 38.9 Å². The summed E-state index contributed by atoms with van der Waals surface area (Å²) in [5.41, 5.74) is 3.26. The first-order chi connectivity index (χ1) is 15.5. The summed E-state index contributed by atoms with van der Waals surface area (Å²) in [6, 6.07) is 11.3. The summed E-state index contributed by atoms with van der Waals surface area (Å²) < 4.78 is 7.95. The van der Waals surface area contributed by atoms with Crippen molar-refractivity contribution >= 4 is 5.91 Å². The number of hydrogen-bond donors (Lipinski definition) is 1. The van der Waals surface area contributed by atoms with Gasteiger partial charge in [-0.15, -0.1) is 10.2 Å². The van der Waals surface area contributed by atoms with Crippen LogP contribution in [0.25, 0.3) is 5.69 Å². The van der Waals surface area contributed by atoms with Crippen molar-refractivity contribution in [1.82, 2.24) is 24.6 Å². The van der Waals surface area contributed by atoms with Gasteiger partial charge in [-0.05, 0) is 68.9 Å². The number of aliphatic hydroxyl groups is 1. The van der Waals surface area contributed by atoms with Gasteiger partial charge >= 0.3 is 0 Å². The SMILES string of the molecule is Cc1ccc(O[C@@H]2C[C@@H]3CN(C(=O)c4cccc(-n5cnnc5)c4)C[C@@H]3C[C@H]2O)c(C)n1.